The van der Waals surface area contributed by atoms with E-state index in [1.54, 1.807) is 0 Å². The van der Waals surface area contributed by atoms with Gasteiger partial charge in [-0.05, 0) is 37.6 Å². The van der Waals surface area contributed by atoms with Crippen molar-refractivity contribution < 1.29 is 9.53 Å². The third kappa shape index (κ3) is 3.43. The van der Waals surface area contributed by atoms with Crippen LogP contribution in [0.4, 0.5) is 5.69 Å². The number of ether oxygens (including phenoxy) is 1. The molecule has 21 heavy (non-hydrogen) atoms. The number of amides is 1. The molecule has 0 aromatic heterocycles. The molecule has 5 heteroatoms. The number of rotatable bonds is 4. The summed E-state index contributed by atoms with van der Waals surface area (Å²) in [7, 11) is 0. The molecule has 5 nitrogen and oxygen atoms in total. The minimum absolute atomic E-state index is 0.0335. The van der Waals surface area contributed by atoms with Crippen LogP contribution in [-0.2, 0) is 16.1 Å². The van der Waals surface area contributed by atoms with Gasteiger partial charge in [-0.2, -0.15) is 0 Å². The molecule has 3 rings (SSSR count). The van der Waals surface area contributed by atoms with Crippen LogP contribution in [0.15, 0.2) is 24.3 Å². The first-order valence-electron chi connectivity index (χ1n) is 7.68. The molecule has 1 aromatic carbocycles. The lowest BCUT2D eigenvalue weighted by Gasteiger charge is -2.19. The van der Waals surface area contributed by atoms with E-state index in [9.17, 15) is 4.79 Å². The summed E-state index contributed by atoms with van der Waals surface area (Å²) in [6.45, 7) is 4.06. The van der Waals surface area contributed by atoms with E-state index in [-0.39, 0.29) is 17.9 Å². The number of anilines is 1. The highest BCUT2D eigenvalue weighted by Crippen LogP contribution is 2.22. The molecule has 0 radical (unpaired) electrons. The first-order chi connectivity index (χ1) is 10.2. The predicted molar refractivity (Wildman–Crippen MR) is 81.9 cm³/mol. The van der Waals surface area contributed by atoms with E-state index in [1.807, 2.05) is 18.2 Å². The summed E-state index contributed by atoms with van der Waals surface area (Å²) in [6.07, 6.45) is 2.53. The second kappa shape index (κ2) is 6.56. The molecule has 2 saturated heterocycles. The van der Waals surface area contributed by atoms with E-state index < -0.39 is 0 Å². The monoisotopic (exact) mass is 289 g/mol. The molecule has 1 aromatic rings. The van der Waals surface area contributed by atoms with Gasteiger partial charge in [0.25, 0.3) is 0 Å². The molecule has 2 unspecified atom stereocenters. The molecule has 0 bridgehead atoms. The van der Waals surface area contributed by atoms with E-state index >= 15 is 0 Å². The summed E-state index contributed by atoms with van der Waals surface area (Å²) in [6, 6.07) is 7.82. The Morgan fingerprint density at radius 1 is 1.29 bits per heavy atom. The fourth-order valence-corrected chi connectivity index (χ4v) is 3.03. The summed E-state index contributed by atoms with van der Waals surface area (Å²) in [5, 5.41) is 3.03. The summed E-state index contributed by atoms with van der Waals surface area (Å²) in [4.78, 5) is 14.8. The van der Waals surface area contributed by atoms with E-state index in [4.69, 9.17) is 10.5 Å². The zero-order chi connectivity index (χ0) is 14.7. The minimum atomic E-state index is -0.246. The Balaban J connectivity index is 1.68. The maximum atomic E-state index is 12.3. The van der Waals surface area contributed by atoms with Gasteiger partial charge in [0, 0.05) is 18.3 Å². The van der Waals surface area contributed by atoms with Crippen molar-refractivity contribution in [2.45, 2.75) is 25.4 Å². The van der Waals surface area contributed by atoms with Crippen molar-refractivity contribution in [2.75, 3.05) is 31.6 Å². The number of benzene rings is 1. The number of likely N-dealkylation sites (tertiary alicyclic amines) is 1. The van der Waals surface area contributed by atoms with Gasteiger partial charge in [-0.1, -0.05) is 18.2 Å². The maximum absolute atomic E-state index is 12.3. The average Bonchev–Trinajstić information content (AvgIpc) is 3.12. The Bertz CT molecular complexity index is 500. The van der Waals surface area contributed by atoms with Crippen molar-refractivity contribution in [2.24, 2.45) is 11.7 Å². The molecule has 0 aliphatic carbocycles. The largest absolute Gasteiger partial charge is 0.379 e. The van der Waals surface area contributed by atoms with Crippen molar-refractivity contribution in [3.05, 3.63) is 29.8 Å². The van der Waals surface area contributed by atoms with Crippen molar-refractivity contribution in [3.63, 3.8) is 0 Å². The Morgan fingerprint density at radius 2 is 2.05 bits per heavy atom. The van der Waals surface area contributed by atoms with Crippen molar-refractivity contribution >= 4 is 11.6 Å². The summed E-state index contributed by atoms with van der Waals surface area (Å²) in [5.74, 6) is -0.279. The van der Waals surface area contributed by atoms with Crippen LogP contribution in [0.25, 0.3) is 0 Å². The number of carbonyl (C=O) groups excluding carboxylic acids is 1. The van der Waals surface area contributed by atoms with Gasteiger partial charge in [0.1, 0.15) is 0 Å². The molecule has 2 atom stereocenters. The number of nitrogens with two attached hydrogens (primary N) is 1. The zero-order valence-corrected chi connectivity index (χ0v) is 12.3. The predicted octanol–water partition coefficient (Wildman–Crippen LogP) is 1.19. The molecule has 0 saturated carbocycles. The first kappa shape index (κ1) is 14.5. The number of para-hydroxylation sites is 1. The van der Waals surface area contributed by atoms with Gasteiger partial charge >= 0.3 is 0 Å². The Hall–Kier alpha value is -1.43. The molecular formula is C16H23N3O2. The Kier molecular flexibility index (Phi) is 4.53. The molecule has 1 amide bonds. The highest BCUT2D eigenvalue weighted by molar-refractivity contribution is 5.94. The topological polar surface area (TPSA) is 67.6 Å². The van der Waals surface area contributed by atoms with Crippen LogP contribution in [0, 0.1) is 5.92 Å². The lowest BCUT2D eigenvalue weighted by atomic mass is 10.0. The van der Waals surface area contributed by atoms with Crippen molar-refractivity contribution in [1.82, 2.24) is 4.90 Å². The number of carbonyl (C=O) groups is 1. The maximum Gasteiger partial charge on any atom is 0.231 e. The molecule has 114 valence electrons. The van der Waals surface area contributed by atoms with Gasteiger partial charge in [-0.15, -0.1) is 0 Å². The SMILES string of the molecule is NC1COCC1C(=O)Nc1ccccc1CN1CCCC1. The number of hydrogen-bond donors (Lipinski definition) is 2. The van der Waals surface area contributed by atoms with Crippen LogP contribution in [-0.4, -0.2) is 43.2 Å². The van der Waals surface area contributed by atoms with Crippen LogP contribution in [0.3, 0.4) is 0 Å². The van der Waals surface area contributed by atoms with E-state index in [1.165, 1.54) is 18.4 Å². The lowest BCUT2D eigenvalue weighted by molar-refractivity contribution is -0.120. The van der Waals surface area contributed by atoms with Gasteiger partial charge in [0.05, 0.1) is 19.1 Å². The summed E-state index contributed by atoms with van der Waals surface area (Å²) in [5.41, 5.74) is 7.97. The number of nitrogens with zero attached hydrogens (tertiary/aromatic N) is 1. The van der Waals surface area contributed by atoms with Crippen molar-refractivity contribution in [3.8, 4) is 0 Å². The highest BCUT2D eigenvalue weighted by atomic mass is 16.5. The quantitative estimate of drug-likeness (QED) is 0.874. The normalized spacial score (nSPS) is 26.1. The van der Waals surface area contributed by atoms with Crippen LogP contribution in [0.5, 0.6) is 0 Å². The minimum Gasteiger partial charge on any atom is -0.379 e. The smallest absolute Gasteiger partial charge is 0.231 e. The molecule has 3 N–H and O–H groups in total. The molecule has 2 aliphatic heterocycles. The van der Waals surface area contributed by atoms with E-state index in [2.05, 4.69) is 16.3 Å². The third-order valence-electron chi connectivity index (χ3n) is 4.33. The molecule has 0 spiro atoms. The fourth-order valence-electron chi connectivity index (χ4n) is 3.03. The van der Waals surface area contributed by atoms with Gasteiger partial charge in [-0.25, -0.2) is 0 Å². The van der Waals surface area contributed by atoms with Gasteiger partial charge in [0.2, 0.25) is 5.91 Å². The highest BCUT2D eigenvalue weighted by Gasteiger charge is 2.31. The van der Waals surface area contributed by atoms with Gasteiger partial charge in [-0.3, -0.25) is 9.69 Å². The fraction of sp³-hybridized carbons (Fsp3) is 0.562. The van der Waals surface area contributed by atoms with Crippen LogP contribution >= 0.6 is 0 Å². The summed E-state index contributed by atoms with van der Waals surface area (Å²) >= 11 is 0. The lowest BCUT2D eigenvalue weighted by Crippen LogP contribution is -2.37. The molecular weight excluding hydrogens is 266 g/mol. The molecule has 2 fully saturated rings. The zero-order valence-electron chi connectivity index (χ0n) is 12.3. The first-order valence-corrected chi connectivity index (χ1v) is 7.68. The van der Waals surface area contributed by atoms with Crippen LogP contribution in [0.1, 0.15) is 18.4 Å². The van der Waals surface area contributed by atoms with E-state index in [0.717, 1.165) is 25.3 Å². The van der Waals surface area contributed by atoms with Gasteiger partial charge in [0.15, 0.2) is 0 Å². The Morgan fingerprint density at radius 3 is 2.76 bits per heavy atom. The number of nitrogens with one attached hydrogen (secondary N) is 1. The molecule has 2 aliphatic rings. The standard InChI is InChI=1S/C16H23N3O2/c17-14-11-21-10-13(14)16(20)18-15-6-2-1-5-12(15)9-19-7-3-4-8-19/h1-2,5-6,13-14H,3-4,7-11,17H2,(H,18,20). The average molecular weight is 289 g/mol. The van der Waals surface area contributed by atoms with Crippen LogP contribution in [0.2, 0.25) is 0 Å². The third-order valence-corrected chi connectivity index (χ3v) is 4.33. The summed E-state index contributed by atoms with van der Waals surface area (Å²) < 4.78 is 5.27. The van der Waals surface area contributed by atoms with E-state index in [0.29, 0.717) is 13.2 Å². The molecule has 2 heterocycles. The second-order valence-electron chi connectivity index (χ2n) is 5.94. The van der Waals surface area contributed by atoms with Crippen molar-refractivity contribution in [1.29, 1.82) is 0 Å². The number of hydrogen-bond acceptors (Lipinski definition) is 4. The van der Waals surface area contributed by atoms with Gasteiger partial charge < -0.3 is 15.8 Å². The van der Waals surface area contributed by atoms with Crippen LogP contribution < -0.4 is 11.1 Å². The second-order valence-corrected chi connectivity index (χ2v) is 5.94. The Labute approximate surface area is 125 Å².